The molecule has 0 spiro atoms. The summed E-state index contributed by atoms with van der Waals surface area (Å²) in [7, 11) is 0. The molecule has 24 heavy (non-hydrogen) atoms. The summed E-state index contributed by atoms with van der Waals surface area (Å²) in [5, 5.41) is 11.6. The molecule has 0 saturated heterocycles. The van der Waals surface area contributed by atoms with Gasteiger partial charge in [0.1, 0.15) is 0 Å². The highest BCUT2D eigenvalue weighted by atomic mass is 16.7. The normalized spacial score (nSPS) is 22.3. The fourth-order valence-corrected chi connectivity index (χ4v) is 2.62. The first-order valence-corrected chi connectivity index (χ1v) is 8.48. The van der Waals surface area contributed by atoms with Crippen molar-refractivity contribution in [1.82, 2.24) is 5.32 Å². The van der Waals surface area contributed by atoms with Gasteiger partial charge in [-0.05, 0) is 58.8 Å². The number of esters is 1. The van der Waals surface area contributed by atoms with Crippen LogP contribution in [-0.4, -0.2) is 36.0 Å². The lowest BCUT2D eigenvalue weighted by Crippen LogP contribution is -2.34. The predicted octanol–water partition coefficient (Wildman–Crippen LogP) is 2.93. The first kappa shape index (κ1) is 20.3. The van der Waals surface area contributed by atoms with Crippen LogP contribution in [0, 0.1) is 17.3 Å². The molecule has 1 aliphatic rings. The van der Waals surface area contributed by atoms with Crippen molar-refractivity contribution in [1.29, 1.82) is 0 Å². The van der Waals surface area contributed by atoms with Gasteiger partial charge in [-0.15, -0.1) is 0 Å². The summed E-state index contributed by atoms with van der Waals surface area (Å²) in [6.45, 7) is 7.13. The Hall–Kier alpha value is -1.79. The van der Waals surface area contributed by atoms with Crippen LogP contribution in [0.15, 0.2) is 0 Å². The number of nitrogens with one attached hydrogen (secondary N) is 1. The Labute approximate surface area is 143 Å². The van der Waals surface area contributed by atoms with Gasteiger partial charge in [0.05, 0.1) is 11.3 Å². The summed E-state index contributed by atoms with van der Waals surface area (Å²) in [6.07, 6.45) is 2.36. The predicted molar refractivity (Wildman–Crippen MR) is 87.2 cm³/mol. The largest absolute Gasteiger partial charge is 0.481 e. The highest BCUT2D eigenvalue weighted by Gasteiger charge is 2.27. The quantitative estimate of drug-likeness (QED) is 0.568. The van der Waals surface area contributed by atoms with Crippen LogP contribution in [0.25, 0.3) is 0 Å². The number of ether oxygens (including phenoxy) is 2. The Bertz CT molecular complexity index is 448. The molecule has 0 heterocycles. The van der Waals surface area contributed by atoms with E-state index < -0.39 is 29.7 Å². The Balaban J connectivity index is 2.18. The van der Waals surface area contributed by atoms with Crippen molar-refractivity contribution in [2.45, 2.75) is 66.1 Å². The second-order valence-electron chi connectivity index (χ2n) is 7.40. The van der Waals surface area contributed by atoms with Crippen molar-refractivity contribution < 1.29 is 29.0 Å². The van der Waals surface area contributed by atoms with Crippen LogP contribution in [0.5, 0.6) is 0 Å². The van der Waals surface area contributed by atoms with E-state index in [2.05, 4.69) is 5.32 Å². The van der Waals surface area contributed by atoms with Crippen LogP contribution < -0.4 is 5.32 Å². The van der Waals surface area contributed by atoms with Gasteiger partial charge in [0.2, 0.25) is 6.29 Å². The van der Waals surface area contributed by atoms with E-state index >= 15 is 0 Å². The lowest BCUT2D eigenvalue weighted by Gasteiger charge is -2.26. The molecule has 0 aromatic rings. The third-order valence-corrected chi connectivity index (χ3v) is 4.18. The van der Waals surface area contributed by atoms with E-state index in [0.717, 1.165) is 19.3 Å². The highest BCUT2D eigenvalue weighted by molar-refractivity contribution is 5.75. The molecular formula is C17H29NO6. The Kier molecular flexibility index (Phi) is 7.51. The average molecular weight is 343 g/mol. The van der Waals surface area contributed by atoms with E-state index in [-0.39, 0.29) is 5.92 Å². The minimum absolute atomic E-state index is 0.225. The van der Waals surface area contributed by atoms with E-state index in [1.54, 1.807) is 20.8 Å². The number of hydrogen-bond donors (Lipinski definition) is 2. The van der Waals surface area contributed by atoms with E-state index in [1.807, 2.05) is 0 Å². The van der Waals surface area contributed by atoms with Crippen molar-refractivity contribution in [3.05, 3.63) is 0 Å². The second-order valence-corrected chi connectivity index (χ2v) is 7.40. The molecule has 1 fully saturated rings. The van der Waals surface area contributed by atoms with Crippen LogP contribution in [0.2, 0.25) is 0 Å². The molecule has 1 saturated carbocycles. The fourth-order valence-electron chi connectivity index (χ4n) is 2.62. The molecule has 2 N–H and O–H groups in total. The number of aliphatic carboxylic acids is 1. The molecule has 138 valence electrons. The Morgan fingerprint density at radius 1 is 1.12 bits per heavy atom. The number of carboxylic acid groups (broad SMARTS) is 1. The lowest BCUT2D eigenvalue weighted by atomic mass is 9.80. The van der Waals surface area contributed by atoms with Gasteiger partial charge in [-0.25, -0.2) is 4.79 Å². The summed E-state index contributed by atoms with van der Waals surface area (Å²) >= 11 is 0. The molecule has 0 bridgehead atoms. The van der Waals surface area contributed by atoms with Crippen LogP contribution >= 0.6 is 0 Å². The summed E-state index contributed by atoms with van der Waals surface area (Å²) in [4.78, 5) is 34.2. The van der Waals surface area contributed by atoms with E-state index in [9.17, 15) is 14.4 Å². The first-order chi connectivity index (χ1) is 11.1. The van der Waals surface area contributed by atoms with Crippen LogP contribution in [-0.2, 0) is 19.1 Å². The minimum Gasteiger partial charge on any atom is -0.481 e. The van der Waals surface area contributed by atoms with Gasteiger partial charge in [-0.2, -0.15) is 0 Å². The van der Waals surface area contributed by atoms with E-state index in [1.165, 1.54) is 6.92 Å². The maximum absolute atomic E-state index is 11.7. The maximum atomic E-state index is 11.7. The second kappa shape index (κ2) is 8.89. The first-order valence-electron chi connectivity index (χ1n) is 8.48. The molecule has 7 heteroatoms. The van der Waals surface area contributed by atoms with Crippen LogP contribution in [0.4, 0.5) is 4.79 Å². The van der Waals surface area contributed by atoms with E-state index in [0.29, 0.717) is 25.3 Å². The molecule has 1 amide bonds. The van der Waals surface area contributed by atoms with Crippen LogP contribution in [0.1, 0.15) is 59.8 Å². The average Bonchev–Trinajstić information content (AvgIpc) is 2.46. The summed E-state index contributed by atoms with van der Waals surface area (Å²) < 4.78 is 10.0. The Morgan fingerprint density at radius 3 is 2.21 bits per heavy atom. The van der Waals surface area contributed by atoms with Crippen molar-refractivity contribution in [2.24, 2.45) is 17.3 Å². The van der Waals surface area contributed by atoms with Crippen molar-refractivity contribution in [3.63, 3.8) is 0 Å². The van der Waals surface area contributed by atoms with Gasteiger partial charge < -0.3 is 19.9 Å². The van der Waals surface area contributed by atoms with Gasteiger partial charge in [-0.3, -0.25) is 9.59 Å². The third-order valence-electron chi connectivity index (χ3n) is 4.18. The zero-order valence-electron chi connectivity index (χ0n) is 15.0. The molecule has 1 rings (SSSR count). The summed E-state index contributed by atoms with van der Waals surface area (Å²) in [6, 6.07) is 0. The van der Waals surface area contributed by atoms with Gasteiger partial charge >= 0.3 is 18.0 Å². The molecular weight excluding hydrogens is 314 g/mol. The molecule has 0 aromatic carbocycles. The van der Waals surface area contributed by atoms with Crippen molar-refractivity contribution >= 4 is 18.0 Å². The molecule has 1 atom stereocenters. The van der Waals surface area contributed by atoms with Gasteiger partial charge in [0.25, 0.3) is 0 Å². The number of hydrogen-bond acceptors (Lipinski definition) is 5. The minimum atomic E-state index is -0.942. The summed E-state index contributed by atoms with van der Waals surface area (Å²) in [5.74, 6) is -0.943. The maximum Gasteiger partial charge on any atom is 0.410 e. The van der Waals surface area contributed by atoms with E-state index in [4.69, 9.17) is 14.6 Å². The van der Waals surface area contributed by atoms with Gasteiger partial charge in [0.15, 0.2) is 0 Å². The van der Waals surface area contributed by atoms with Crippen molar-refractivity contribution in [2.75, 3.05) is 6.54 Å². The fraction of sp³-hybridized carbons (Fsp3) is 0.824. The number of carbonyl (C=O) groups is 3. The SMILES string of the molecule is CC(OC(=O)NCC[C@H]1CC[C@H](C(=O)O)CC1)OC(=O)C(C)(C)C. The molecule has 0 aromatic heterocycles. The topological polar surface area (TPSA) is 102 Å². The third kappa shape index (κ3) is 7.19. The lowest BCUT2D eigenvalue weighted by molar-refractivity contribution is -0.174. The number of alkyl carbamates (subject to hydrolysis) is 1. The zero-order chi connectivity index (χ0) is 18.3. The van der Waals surface area contributed by atoms with Gasteiger partial charge in [-0.1, -0.05) is 0 Å². The number of rotatable bonds is 6. The molecule has 1 unspecified atom stereocenters. The number of carboxylic acids is 1. The summed E-state index contributed by atoms with van der Waals surface area (Å²) in [5.41, 5.74) is -0.650. The number of amides is 1. The zero-order valence-corrected chi connectivity index (χ0v) is 15.0. The smallest absolute Gasteiger partial charge is 0.410 e. The highest BCUT2D eigenvalue weighted by Crippen LogP contribution is 2.30. The standard InChI is InChI=1S/C17H29NO6/c1-11(23-15(21)17(2,3)4)24-16(22)18-10-9-12-5-7-13(8-6-12)14(19)20/h11-13H,5-10H2,1-4H3,(H,18,22)(H,19,20)/t11?,12-,13-. The number of carbonyl (C=O) groups excluding carboxylic acids is 2. The Morgan fingerprint density at radius 2 is 1.71 bits per heavy atom. The van der Waals surface area contributed by atoms with Crippen molar-refractivity contribution in [3.8, 4) is 0 Å². The molecule has 0 radical (unpaired) electrons. The monoisotopic (exact) mass is 343 g/mol. The van der Waals surface area contributed by atoms with Crippen LogP contribution in [0.3, 0.4) is 0 Å². The molecule has 7 nitrogen and oxygen atoms in total. The molecule has 0 aliphatic heterocycles. The van der Waals surface area contributed by atoms with Gasteiger partial charge in [0, 0.05) is 13.5 Å². The molecule has 1 aliphatic carbocycles.